The molecule has 0 aliphatic carbocycles. The molecule has 6 nitrogen and oxygen atoms in total. The number of aryl methyl sites for hydroxylation is 2. The number of benzene rings is 2. The molecule has 2 amide bonds. The quantitative estimate of drug-likeness (QED) is 0.803. The zero-order chi connectivity index (χ0) is 20.4. The molecular weight excluding hydrogens is 368 g/mol. The molecule has 1 unspecified atom stereocenters. The molecule has 0 saturated carbocycles. The van der Waals surface area contributed by atoms with Crippen molar-refractivity contribution < 1.29 is 19.1 Å². The smallest absolute Gasteiger partial charge is 0.265 e. The second kappa shape index (κ2) is 8.25. The molecule has 0 radical (unpaired) electrons. The minimum atomic E-state index is -0.702. The first-order valence-corrected chi connectivity index (χ1v) is 10.0. The lowest BCUT2D eigenvalue weighted by molar-refractivity contribution is -0.142. The zero-order valence-electron chi connectivity index (χ0n) is 16.9. The molecule has 1 saturated heterocycles. The van der Waals surface area contributed by atoms with Gasteiger partial charge in [-0.2, -0.15) is 0 Å². The summed E-state index contributed by atoms with van der Waals surface area (Å²) in [6, 6.07) is 13.5. The minimum absolute atomic E-state index is 0.0382. The van der Waals surface area contributed by atoms with Crippen molar-refractivity contribution in [1.82, 2.24) is 4.90 Å². The van der Waals surface area contributed by atoms with Crippen LogP contribution in [0.5, 0.6) is 5.75 Å². The Morgan fingerprint density at radius 1 is 1.03 bits per heavy atom. The Kier molecular flexibility index (Phi) is 5.53. The van der Waals surface area contributed by atoms with Gasteiger partial charge < -0.3 is 19.3 Å². The molecule has 2 aromatic carbocycles. The molecule has 0 spiro atoms. The highest BCUT2D eigenvalue weighted by Gasteiger charge is 2.36. The number of rotatable bonds is 3. The predicted octanol–water partition coefficient (Wildman–Crippen LogP) is 2.50. The molecule has 1 atom stereocenters. The van der Waals surface area contributed by atoms with Gasteiger partial charge in [-0.3, -0.25) is 9.59 Å². The summed E-state index contributed by atoms with van der Waals surface area (Å²) in [6.07, 6.45) is -0.416. The molecule has 1 fully saturated rings. The fourth-order valence-corrected chi connectivity index (χ4v) is 3.77. The third-order valence-electron chi connectivity index (χ3n) is 5.60. The van der Waals surface area contributed by atoms with Crippen LogP contribution in [0.15, 0.2) is 42.5 Å². The number of morpholine rings is 1. The van der Waals surface area contributed by atoms with E-state index in [1.54, 1.807) is 9.80 Å². The summed E-state index contributed by atoms with van der Waals surface area (Å²) in [4.78, 5) is 29.6. The summed E-state index contributed by atoms with van der Waals surface area (Å²) in [6.45, 7) is 6.49. The molecule has 152 valence electrons. The van der Waals surface area contributed by atoms with Crippen LogP contribution in [0.3, 0.4) is 0 Å². The average Bonchev–Trinajstić information content (AvgIpc) is 2.75. The van der Waals surface area contributed by atoms with Crippen LogP contribution in [0.1, 0.15) is 16.7 Å². The second-order valence-electron chi connectivity index (χ2n) is 7.61. The van der Waals surface area contributed by atoms with Gasteiger partial charge in [-0.25, -0.2) is 0 Å². The van der Waals surface area contributed by atoms with Crippen LogP contribution in [0.25, 0.3) is 0 Å². The van der Waals surface area contributed by atoms with Gasteiger partial charge in [-0.05, 0) is 42.7 Å². The van der Waals surface area contributed by atoms with E-state index in [-0.39, 0.29) is 24.8 Å². The number of para-hydroxylation sites is 2. The average molecular weight is 394 g/mol. The van der Waals surface area contributed by atoms with Gasteiger partial charge in [-0.1, -0.05) is 30.3 Å². The van der Waals surface area contributed by atoms with Crippen LogP contribution in [-0.2, 0) is 20.7 Å². The van der Waals surface area contributed by atoms with Crippen LogP contribution >= 0.6 is 0 Å². The summed E-state index contributed by atoms with van der Waals surface area (Å²) >= 11 is 0. The Bertz CT molecular complexity index is 921. The Balaban J connectivity index is 1.56. The van der Waals surface area contributed by atoms with Crippen LogP contribution < -0.4 is 9.64 Å². The molecule has 29 heavy (non-hydrogen) atoms. The number of hydrogen-bond acceptors (Lipinski definition) is 4. The summed E-state index contributed by atoms with van der Waals surface area (Å²) < 4.78 is 11.3. The fraction of sp³-hybridized carbons (Fsp3) is 0.391. The topological polar surface area (TPSA) is 59.1 Å². The number of anilines is 1. The molecule has 2 aliphatic heterocycles. The molecule has 2 aromatic rings. The lowest BCUT2D eigenvalue weighted by Crippen LogP contribution is -2.54. The van der Waals surface area contributed by atoms with E-state index in [9.17, 15) is 9.59 Å². The van der Waals surface area contributed by atoms with Gasteiger partial charge in [0.15, 0.2) is 6.10 Å². The van der Waals surface area contributed by atoms with Crippen molar-refractivity contribution in [3.8, 4) is 5.75 Å². The first-order valence-electron chi connectivity index (χ1n) is 10.0. The van der Waals surface area contributed by atoms with E-state index in [2.05, 4.69) is 13.0 Å². The van der Waals surface area contributed by atoms with Gasteiger partial charge in [0.25, 0.3) is 5.91 Å². The van der Waals surface area contributed by atoms with Gasteiger partial charge in [0, 0.05) is 13.1 Å². The van der Waals surface area contributed by atoms with E-state index in [1.807, 2.05) is 43.3 Å². The largest absolute Gasteiger partial charge is 0.476 e. The molecule has 0 aromatic heterocycles. The highest BCUT2D eigenvalue weighted by Crippen LogP contribution is 2.34. The van der Waals surface area contributed by atoms with Crippen molar-refractivity contribution >= 4 is 17.5 Å². The van der Waals surface area contributed by atoms with Crippen molar-refractivity contribution in [1.29, 1.82) is 0 Å². The van der Waals surface area contributed by atoms with Crippen LogP contribution in [0, 0.1) is 13.8 Å². The minimum Gasteiger partial charge on any atom is -0.476 e. The Morgan fingerprint density at radius 3 is 2.55 bits per heavy atom. The lowest BCUT2D eigenvalue weighted by atomic mass is 10.0. The highest BCUT2D eigenvalue weighted by atomic mass is 16.5. The Hall–Kier alpha value is -2.86. The molecular formula is C23H26N2O4. The first kappa shape index (κ1) is 19.5. The standard InChI is InChI=1S/C23H26N2O4/c1-16-7-8-18(13-17(16)2)14-22(26)25-15-21(23(27)24-9-11-28-12-10-24)29-20-6-4-3-5-19(20)25/h3-8,13,21H,9-12,14-15H2,1-2H3. The van der Waals surface area contributed by atoms with Crippen LogP contribution in [0.2, 0.25) is 0 Å². The maximum Gasteiger partial charge on any atom is 0.265 e. The van der Waals surface area contributed by atoms with Gasteiger partial charge in [0.05, 0.1) is 31.9 Å². The third kappa shape index (κ3) is 4.12. The van der Waals surface area contributed by atoms with Gasteiger partial charge in [0.1, 0.15) is 5.75 Å². The summed E-state index contributed by atoms with van der Waals surface area (Å²) in [7, 11) is 0. The number of nitrogens with zero attached hydrogens (tertiary/aromatic N) is 2. The van der Waals surface area contributed by atoms with E-state index >= 15 is 0 Å². The molecule has 6 heteroatoms. The van der Waals surface area contributed by atoms with E-state index < -0.39 is 6.10 Å². The van der Waals surface area contributed by atoms with Gasteiger partial charge in [-0.15, -0.1) is 0 Å². The number of carbonyl (C=O) groups excluding carboxylic acids is 2. The van der Waals surface area contributed by atoms with Crippen molar-refractivity contribution in [2.45, 2.75) is 26.4 Å². The Morgan fingerprint density at radius 2 is 1.79 bits per heavy atom. The maximum atomic E-state index is 13.2. The monoisotopic (exact) mass is 394 g/mol. The summed E-state index contributed by atoms with van der Waals surface area (Å²) in [5, 5.41) is 0. The van der Waals surface area contributed by atoms with Crippen molar-refractivity contribution in [2.24, 2.45) is 0 Å². The van der Waals surface area contributed by atoms with Gasteiger partial charge >= 0.3 is 0 Å². The Labute approximate surface area is 171 Å². The van der Waals surface area contributed by atoms with Crippen molar-refractivity contribution in [2.75, 3.05) is 37.7 Å². The maximum absolute atomic E-state index is 13.2. The van der Waals surface area contributed by atoms with E-state index in [0.717, 1.165) is 11.1 Å². The highest BCUT2D eigenvalue weighted by molar-refractivity contribution is 5.98. The summed E-state index contributed by atoms with van der Waals surface area (Å²) in [5.41, 5.74) is 4.05. The molecule has 2 heterocycles. The number of hydrogen-bond donors (Lipinski definition) is 0. The van der Waals surface area contributed by atoms with E-state index in [1.165, 1.54) is 5.56 Å². The zero-order valence-corrected chi connectivity index (χ0v) is 16.9. The van der Waals surface area contributed by atoms with E-state index in [4.69, 9.17) is 9.47 Å². The van der Waals surface area contributed by atoms with Crippen LogP contribution in [-0.4, -0.2) is 55.7 Å². The van der Waals surface area contributed by atoms with Crippen molar-refractivity contribution in [3.63, 3.8) is 0 Å². The van der Waals surface area contributed by atoms with Crippen molar-refractivity contribution in [3.05, 3.63) is 59.2 Å². The van der Waals surface area contributed by atoms with Gasteiger partial charge in [0.2, 0.25) is 5.91 Å². The third-order valence-corrected chi connectivity index (χ3v) is 5.60. The molecule has 0 bridgehead atoms. The number of amides is 2. The normalized spacial score (nSPS) is 18.8. The fourth-order valence-electron chi connectivity index (χ4n) is 3.77. The van der Waals surface area contributed by atoms with E-state index in [0.29, 0.717) is 37.7 Å². The van der Waals surface area contributed by atoms with Crippen LogP contribution in [0.4, 0.5) is 5.69 Å². The SMILES string of the molecule is Cc1ccc(CC(=O)N2CC(C(=O)N3CCOCC3)Oc3ccccc32)cc1C. The summed E-state index contributed by atoms with van der Waals surface area (Å²) in [5.74, 6) is 0.439. The second-order valence-corrected chi connectivity index (χ2v) is 7.61. The number of fused-ring (bicyclic) bond motifs is 1. The lowest BCUT2D eigenvalue weighted by Gasteiger charge is -2.37. The molecule has 2 aliphatic rings. The molecule has 4 rings (SSSR count). The predicted molar refractivity (Wildman–Crippen MR) is 110 cm³/mol. The number of ether oxygens (including phenoxy) is 2. The number of carbonyl (C=O) groups is 2. The first-order chi connectivity index (χ1) is 14.0. The molecule has 0 N–H and O–H groups in total.